The molecule has 1 aromatic carbocycles. The zero-order valence-corrected chi connectivity index (χ0v) is 30.8. The Labute approximate surface area is 297 Å². The summed E-state index contributed by atoms with van der Waals surface area (Å²) in [5.41, 5.74) is -1.61. The third-order valence-electron chi connectivity index (χ3n) is 8.84. The van der Waals surface area contributed by atoms with Gasteiger partial charge in [0.25, 0.3) is 0 Å². The first kappa shape index (κ1) is 38.0. The summed E-state index contributed by atoms with van der Waals surface area (Å²) in [5, 5.41) is 18.0. The summed E-state index contributed by atoms with van der Waals surface area (Å²) in [6, 6.07) is 3.34. The van der Waals surface area contributed by atoms with E-state index in [9.17, 15) is 24.5 Å². The zero-order valence-electron chi connectivity index (χ0n) is 30.8. The molecule has 278 valence electrons. The van der Waals surface area contributed by atoms with Crippen LogP contribution in [0.15, 0.2) is 18.3 Å². The first-order valence-corrected chi connectivity index (χ1v) is 17.2. The molecule has 3 fully saturated rings. The summed E-state index contributed by atoms with van der Waals surface area (Å²) in [4.78, 5) is 51.5. The number of hydrogen-bond acceptors (Lipinski definition) is 13. The Morgan fingerprint density at radius 2 is 1.76 bits per heavy atom. The summed E-state index contributed by atoms with van der Waals surface area (Å²) >= 11 is 0. The third kappa shape index (κ3) is 9.55. The van der Waals surface area contributed by atoms with Gasteiger partial charge in [-0.25, -0.2) is 14.3 Å². The maximum atomic E-state index is 13.9. The minimum absolute atomic E-state index is 0.0234. The van der Waals surface area contributed by atoms with Crippen molar-refractivity contribution in [3.8, 4) is 11.5 Å². The van der Waals surface area contributed by atoms with Crippen molar-refractivity contribution in [3.63, 3.8) is 0 Å². The number of fused-ring (bicyclic) bond motifs is 1. The SMILES string of the molecule is CC1(C)CCC2OB(CCc3ccc(OC4CN(C(=O)Cn5cc([N+](=O)[O-])nn5)C4)c(C(=O)OC(C)(C)C)c3OC(=O)OC(C)(C)C)O[C@@]2(C)C1. The minimum Gasteiger partial charge on any atom is -0.486 e. The monoisotopic (exact) mass is 713 g/mol. The van der Waals surface area contributed by atoms with E-state index in [1.54, 1.807) is 53.7 Å². The van der Waals surface area contributed by atoms with Crippen molar-refractivity contribution >= 4 is 31.0 Å². The normalized spacial score (nSPS) is 21.8. The molecule has 5 rings (SSSR count). The molecule has 0 N–H and O–H groups in total. The number of amides is 1. The number of likely N-dealkylation sites (tertiary alicyclic amines) is 1. The van der Waals surface area contributed by atoms with E-state index in [0.717, 1.165) is 30.1 Å². The van der Waals surface area contributed by atoms with Crippen molar-refractivity contribution < 1.29 is 47.6 Å². The van der Waals surface area contributed by atoms with Crippen LogP contribution >= 0.6 is 0 Å². The average molecular weight is 714 g/mol. The highest BCUT2D eigenvalue weighted by Crippen LogP contribution is 2.48. The molecule has 2 aromatic rings. The lowest BCUT2D eigenvalue weighted by Gasteiger charge is -2.43. The van der Waals surface area contributed by atoms with E-state index in [4.69, 9.17) is 28.3 Å². The first-order chi connectivity index (χ1) is 23.6. The first-order valence-electron chi connectivity index (χ1n) is 17.2. The highest BCUT2D eigenvalue weighted by Gasteiger charge is 2.53. The van der Waals surface area contributed by atoms with E-state index in [0.29, 0.717) is 18.3 Å². The smallest absolute Gasteiger partial charge is 0.486 e. The van der Waals surface area contributed by atoms with Gasteiger partial charge in [0.15, 0.2) is 5.75 Å². The van der Waals surface area contributed by atoms with Crippen LogP contribution in [0.4, 0.5) is 10.6 Å². The quantitative estimate of drug-likeness (QED) is 0.104. The molecule has 2 saturated heterocycles. The van der Waals surface area contributed by atoms with Gasteiger partial charge in [-0.05, 0) is 102 Å². The van der Waals surface area contributed by atoms with Crippen LogP contribution in [0.1, 0.15) is 97.5 Å². The van der Waals surface area contributed by atoms with Gasteiger partial charge in [-0.3, -0.25) is 4.79 Å². The largest absolute Gasteiger partial charge is 0.514 e. The Balaban J connectivity index is 1.37. The lowest BCUT2D eigenvalue weighted by molar-refractivity contribution is -0.389. The molecule has 2 atom stereocenters. The number of hydrogen-bond donors (Lipinski definition) is 0. The molecule has 1 aromatic heterocycles. The lowest BCUT2D eigenvalue weighted by atomic mass is 9.69. The van der Waals surface area contributed by atoms with Crippen LogP contribution in [-0.2, 0) is 36.5 Å². The molecule has 0 bridgehead atoms. The Hall–Kier alpha value is -4.25. The maximum Gasteiger partial charge on any atom is 0.514 e. The van der Waals surface area contributed by atoms with Gasteiger partial charge >= 0.3 is 25.1 Å². The number of nitro groups is 1. The van der Waals surface area contributed by atoms with Crippen molar-refractivity contribution in [2.75, 3.05) is 13.1 Å². The molecule has 3 aliphatic rings. The summed E-state index contributed by atoms with van der Waals surface area (Å²) in [6.45, 7) is 16.9. The Morgan fingerprint density at radius 1 is 1.08 bits per heavy atom. The predicted octanol–water partition coefficient (Wildman–Crippen LogP) is 5.16. The molecule has 1 unspecified atom stereocenters. The van der Waals surface area contributed by atoms with Crippen LogP contribution in [0, 0.1) is 15.5 Å². The second-order valence-electron chi connectivity index (χ2n) is 16.5. The van der Waals surface area contributed by atoms with Gasteiger partial charge in [0.1, 0.15) is 46.5 Å². The number of ether oxygens (including phenoxy) is 4. The maximum absolute atomic E-state index is 13.9. The fourth-order valence-electron chi connectivity index (χ4n) is 6.70. The molecule has 16 nitrogen and oxygen atoms in total. The van der Waals surface area contributed by atoms with Gasteiger partial charge < -0.3 is 43.3 Å². The Kier molecular flexibility index (Phi) is 10.5. The molecule has 51 heavy (non-hydrogen) atoms. The van der Waals surface area contributed by atoms with Crippen LogP contribution in [0.25, 0.3) is 0 Å². The molecular formula is C34H48BN5O11. The number of nitrogens with zero attached hydrogens (tertiary/aromatic N) is 5. The van der Waals surface area contributed by atoms with E-state index < -0.39 is 52.9 Å². The number of esters is 1. The molecule has 0 spiro atoms. The van der Waals surface area contributed by atoms with Gasteiger partial charge in [-0.2, -0.15) is 0 Å². The number of aromatic nitrogens is 3. The highest BCUT2D eigenvalue weighted by atomic mass is 16.7. The van der Waals surface area contributed by atoms with Crippen LogP contribution in [0.3, 0.4) is 0 Å². The van der Waals surface area contributed by atoms with Crippen molar-refractivity contribution in [2.45, 2.75) is 130 Å². The highest BCUT2D eigenvalue weighted by molar-refractivity contribution is 6.45. The standard InChI is InChI=1S/C34H48BN5O11/c1-31(2,3)48-29(42)27-23(46-22-16-38(17-22)26(41)19-39-18-25(36-37-39)40(44)45)11-10-21(28(27)47-30(43)49-32(4,5)6)13-15-35-50-24-12-14-33(7,8)20-34(24,9)51-35/h10-11,18,22,24H,12-17,19-20H2,1-9H3/t24?,34-/m0/s1. The van der Waals surface area contributed by atoms with Gasteiger partial charge in [0.2, 0.25) is 5.91 Å². The Morgan fingerprint density at radius 3 is 2.39 bits per heavy atom. The number of rotatable bonds is 10. The lowest BCUT2D eigenvalue weighted by Crippen LogP contribution is -2.57. The summed E-state index contributed by atoms with van der Waals surface area (Å²) in [5.74, 6) is -1.54. The second kappa shape index (κ2) is 14.1. The van der Waals surface area contributed by atoms with Crippen LogP contribution in [0.5, 0.6) is 11.5 Å². The van der Waals surface area contributed by atoms with Crippen LogP contribution in [0.2, 0.25) is 6.32 Å². The number of benzene rings is 1. The van der Waals surface area contributed by atoms with Crippen LogP contribution < -0.4 is 9.47 Å². The van der Waals surface area contributed by atoms with Gasteiger partial charge in [-0.15, -0.1) is 0 Å². The second-order valence-corrected chi connectivity index (χ2v) is 16.5. The van der Waals surface area contributed by atoms with Crippen molar-refractivity contribution in [3.05, 3.63) is 39.6 Å². The molecule has 3 heterocycles. The number of aryl methyl sites for hydroxylation is 1. The van der Waals surface area contributed by atoms with Crippen molar-refractivity contribution in [2.24, 2.45) is 5.41 Å². The van der Waals surface area contributed by atoms with Crippen LogP contribution in [-0.4, -0.2) is 92.1 Å². The van der Waals surface area contributed by atoms with E-state index >= 15 is 0 Å². The molecule has 17 heteroatoms. The van der Waals surface area contributed by atoms with E-state index in [1.807, 2.05) is 0 Å². The summed E-state index contributed by atoms with van der Waals surface area (Å²) < 4.78 is 37.2. The molecule has 1 amide bonds. The summed E-state index contributed by atoms with van der Waals surface area (Å²) in [6.07, 6.45) is 3.10. The van der Waals surface area contributed by atoms with Crippen molar-refractivity contribution in [1.29, 1.82) is 0 Å². The van der Waals surface area contributed by atoms with E-state index in [-0.39, 0.29) is 54.1 Å². The molecule has 2 aliphatic heterocycles. The third-order valence-corrected chi connectivity index (χ3v) is 8.84. The van der Waals surface area contributed by atoms with Gasteiger partial charge in [0, 0.05) is 0 Å². The zero-order chi connectivity index (χ0) is 37.5. The van der Waals surface area contributed by atoms with Gasteiger partial charge in [0.05, 0.1) is 30.0 Å². The fraction of sp³-hybridized carbons (Fsp3) is 0.676. The molecular weight excluding hydrogens is 665 g/mol. The van der Waals surface area contributed by atoms with Gasteiger partial charge in [-0.1, -0.05) is 19.9 Å². The molecule has 1 saturated carbocycles. The molecule has 1 aliphatic carbocycles. The predicted molar refractivity (Wildman–Crippen MR) is 182 cm³/mol. The van der Waals surface area contributed by atoms with Crippen molar-refractivity contribution in [1.82, 2.24) is 19.9 Å². The minimum atomic E-state index is -1.01. The Bertz CT molecular complexity index is 1660. The summed E-state index contributed by atoms with van der Waals surface area (Å²) in [7, 11) is -0.494. The number of carbonyl (C=O) groups is 3. The average Bonchev–Trinajstić information content (AvgIpc) is 3.54. The van der Waals surface area contributed by atoms with E-state index in [1.165, 1.54) is 4.90 Å². The molecule has 0 radical (unpaired) electrons. The van der Waals surface area contributed by atoms with E-state index in [2.05, 4.69) is 31.1 Å². The topological polar surface area (TPSA) is 184 Å². The number of carbonyl (C=O) groups excluding carboxylic acids is 3. The fourth-order valence-corrected chi connectivity index (χ4v) is 6.70.